The van der Waals surface area contributed by atoms with Crippen LogP contribution in [0.2, 0.25) is 0 Å². The van der Waals surface area contributed by atoms with E-state index in [4.69, 9.17) is 5.11 Å². The van der Waals surface area contributed by atoms with Gasteiger partial charge < -0.3 is 9.67 Å². The average molecular weight is 235 g/mol. The van der Waals surface area contributed by atoms with Crippen LogP contribution >= 0.6 is 0 Å². The van der Waals surface area contributed by atoms with Crippen LogP contribution in [-0.2, 0) is 0 Å². The first-order chi connectivity index (χ1) is 8.08. The molecule has 1 aromatic rings. The van der Waals surface area contributed by atoms with Gasteiger partial charge in [0.1, 0.15) is 0 Å². The van der Waals surface area contributed by atoms with Crippen molar-refractivity contribution in [1.82, 2.24) is 4.57 Å². The quantitative estimate of drug-likeness (QED) is 0.855. The van der Waals surface area contributed by atoms with Crippen molar-refractivity contribution in [2.24, 2.45) is 5.92 Å². The molecule has 0 spiro atoms. The zero-order valence-corrected chi connectivity index (χ0v) is 9.93. The van der Waals surface area contributed by atoms with Crippen LogP contribution < -0.4 is 5.56 Å². The molecule has 2 rings (SSSR count). The lowest BCUT2D eigenvalue weighted by atomic mass is 9.87. The molecule has 4 heteroatoms. The van der Waals surface area contributed by atoms with Crippen LogP contribution in [0, 0.1) is 5.92 Å². The molecule has 4 nitrogen and oxygen atoms in total. The van der Waals surface area contributed by atoms with Crippen LogP contribution in [0.1, 0.15) is 49.0 Å². The summed E-state index contributed by atoms with van der Waals surface area (Å²) < 4.78 is 1.60. The van der Waals surface area contributed by atoms with E-state index in [-0.39, 0.29) is 17.2 Å². The van der Waals surface area contributed by atoms with E-state index in [0.29, 0.717) is 5.92 Å². The van der Waals surface area contributed by atoms with Gasteiger partial charge in [-0.2, -0.15) is 0 Å². The molecule has 0 aromatic carbocycles. The molecule has 1 saturated carbocycles. The third-order valence-electron chi connectivity index (χ3n) is 3.49. The van der Waals surface area contributed by atoms with E-state index >= 15 is 0 Å². The summed E-state index contributed by atoms with van der Waals surface area (Å²) in [7, 11) is 0. The highest BCUT2D eigenvalue weighted by molar-refractivity contribution is 5.87. The third-order valence-corrected chi connectivity index (χ3v) is 3.49. The second-order valence-corrected chi connectivity index (χ2v) is 4.89. The zero-order valence-electron chi connectivity index (χ0n) is 9.93. The standard InChI is InChI=1S/C13H17NO3/c1-9-3-2-4-11(7-9)14-8-10(13(16)17)5-6-12(14)15/h5-6,8-9,11H,2-4,7H2,1H3,(H,16,17)/t9-,11+/m1/s1. The molecule has 1 fully saturated rings. The minimum Gasteiger partial charge on any atom is -0.478 e. The van der Waals surface area contributed by atoms with E-state index in [1.54, 1.807) is 4.57 Å². The first kappa shape index (κ1) is 11.9. The Labute approximate surface area is 99.9 Å². The average Bonchev–Trinajstić information content (AvgIpc) is 2.29. The lowest BCUT2D eigenvalue weighted by molar-refractivity contribution is 0.0695. The predicted octanol–water partition coefficient (Wildman–Crippen LogP) is 2.30. The van der Waals surface area contributed by atoms with Gasteiger partial charge in [0.25, 0.3) is 5.56 Å². The highest BCUT2D eigenvalue weighted by atomic mass is 16.4. The fourth-order valence-electron chi connectivity index (χ4n) is 2.57. The van der Waals surface area contributed by atoms with Crippen molar-refractivity contribution >= 4 is 5.97 Å². The zero-order chi connectivity index (χ0) is 12.4. The van der Waals surface area contributed by atoms with Gasteiger partial charge >= 0.3 is 5.97 Å². The van der Waals surface area contributed by atoms with Gasteiger partial charge in [0.05, 0.1) is 5.56 Å². The minimum absolute atomic E-state index is 0.103. The summed E-state index contributed by atoms with van der Waals surface area (Å²) in [5, 5.41) is 8.94. The molecule has 1 aliphatic rings. The summed E-state index contributed by atoms with van der Waals surface area (Å²) in [6.45, 7) is 2.18. The smallest absolute Gasteiger partial charge is 0.337 e. The summed E-state index contributed by atoms with van der Waals surface area (Å²) in [4.78, 5) is 22.7. The molecular weight excluding hydrogens is 218 g/mol. The van der Waals surface area contributed by atoms with Gasteiger partial charge in [-0.25, -0.2) is 4.79 Å². The topological polar surface area (TPSA) is 59.3 Å². The molecular formula is C13H17NO3. The van der Waals surface area contributed by atoms with E-state index in [1.165, 1.54) is 24.8 Å². The highest BCUT2D eigenvalue weighted by Gasteiger charge is 2.21. The third kappa shape index (κ3) is 2.57. The molecule has 92 valence electrons. The fraction of sp³-hybridized carbons (Fsp3) is 0.538. The normalized spacial score (nSPS) is 24.5. The van der Waals surface area contributed by atoms with Crippen LogP contribution in [0.4, 0.5) is 0 Å². The molecule has 0 saturated heterocycles. The molecule has 0 bridgehead atoms. The van der Waals surface area contributed by atoms with Gasteiger partial charge in [-0.1, -0.05) is 19.8 Å². The maximum atomic E-state index is 11.8. The van der Waals surface area contributed by atoms with Crippen molar-refractivity contribution < 1.29 is 9.90 Å². The Balaban J connectivity index is 2.33. The molecule has 0 unspecified atom stereocenters. The van der Waals surface area contributed by atoms with Crippen molar-refractivity contribution in [3.05, 3.63) is 34.2 Å². The van der Waals surface area contributed by atoms with Crippen molar-refractivity contribution in [2.45, 2.75) is 38.6 Å². The predicted molar refractivity (Wildman–Crippen MR) is 64.3 cm³/mol. The molecule has 0 aliphatic heterocycles. The van der Waals surface area contributed by atoms with E-state index < -0.39 is 5.97 Å². The Morgan fingerprint density at radius 3 is 2.82 bits per heavy atom. The Kier molecular flexibility index (Phi) is 3.31. The van der Waals surface area contributed by atoms with E-state index in [0.717, 1.165) is 19.3 Å². The summed E-state index contributed by atoms with van der Waals surface area (Å²) >= 11 is 0. The molecule has 2 atom stereocenters. The Bertz CT molecular complexity index is 478. The maximum Gasteiger partial charge on any atom is 0.337 e. The number of hydrogen-bond acceptors (Lipinski definition) is 2. The SMILES string of the molecule is C[C@@H]1CCC[C@H](n2cc(C(=O)O)ccc2=O)C1. The van der Waals surface area contributed by atoms with Gasteiger partial charge in [0.2, 0.25) is 0 Å². The molecule has 1 N–H and O–H groups in total. The molecule has 1 aromatic heterocycles. The first-order valence-corrected chi connectivity index (χ1v) is 6.03. The second kappa shape index (κ2) is 4.73. The Morgan fingerprint density at radius 2 is 2.18 bits per heavy atom. The monoisotopic (exact) mass is 235 g/mol. The van der Waals surface area contributed by atoms with Gasteiger partial charge in [0, 0.05) is 18.3 Å². The number of carboxylic acids is 1. The Hall–Kier alpha value is -1.58. The number of aromatic nitrogens is 1. The highest BCUT2D eigenvalue weighted by Crippen LogP contribution is 2.31. The van der Waals surface area contributed by atoms with Crippen LogP contribution in [0.25, 0.3) is 0 Å². The number of rotatable bonds is 2. The van der Waals surface area contributed by atoms with Crippen LogP contribution in [0.5, 0.6) is 0 Å². The Morgan fingerprint density at radius 1 is 1.41 bits per heavy atom. The van der Waals surface area contributed by atoms with Gasteiger partial charge in [-0.05, 0) is 24.8 Å². The van der Waals surface area contributed by atoms with Crippen molar-refractivity contribution in [1.29, 1.82) is 0 Å². The van der Waals surface area contributed by atoms with Crippen LogP contribution in [0.3, 0.4) is 0 Å². The first-order valence-electron chi connectivity index (χ1n) is 6.03. The van der Waals surface area contributed by atoms with E-state index in [2.05, 4.69) is 6.92 Å². The number of carboxylic acid groups (broad SMARTS) is 1. The second-order valence-electron chi connectivity index (χ2n) is 4.89. The molecule has 1 aliphatic carbocycles. The van der Waals surface area contributed by atoms with Gasteiger partial charge in [-0.15, -0.1) is 0 Å². The number of nitrogens with zero attached hydrogens (tertiary/aromatic N) is 1. The summed E-state index contributed by atoms with van der Waals surface area (Å²) in [6, 6.07) is 2.88. The van der Waals surface area contributed by atoms with Crippen molar-refractivity contribution in [2.75, 3.05) is 0 Å². The number of carbonyl (C=O) groups is 1. The minimum atomic E-state index is -0.984. The van der Waals surface area contributed by atoms with E-state index in [9.17, 15) is 9.59 Å². The number of pyridine rings is 1. The maximum absolute atomic E-state index is 11.8. The van der Waals surface area contributed by atoms with E-state index in [1.807, 2.05) is 0 Å². The lowest BCUT2D eigenvalue weighted by Crippen LogP contribution is -2.28. The van der Waals surface area contributed by atoms with Crippen LogP contribution in [-0.4, -0.2) is 15.6 Å². The summed E-state index contributed by atoms with van der Waals surface area (Å²) in [6.07, 6.45) is 5.71. The largest absolute Gasteiger partial charge is 0.478 e. The number of aromatic carboxylic acids is 1. The van der Waals surface area contributed by atoms with Gasteiger partial charge in [0.15, 0.2) is 0 Å². The lowest BCUT2D eigenvalue weighted by Gasteiger charge is -2.28. The van der Waals surface area contributed by atoms with Crippen LogP contribution in [0.15, 0.2) is 23.1 Å². The fourth-order valence-corrected chi connectivity index (χ4v) is 2.57. The van der Waals surface area contributed by atoms with Gasteiger partial charge in [-0.3, -0.25) is 4.79 Å². The molecule has 1 heterocycles. The molecule has 0 amide bonds. The molecule has 0 radical (unpaired) electrons. The summed E-state index contributed by atoms with van der Waals surface area (Å²) in [5.41, 5.74) is 0.0805. The summed E-state index contributed by atoms with van der Waals surface area (Å²) in [5.74, 6) is -0.378. The molecule has 17 heavy (non-hydrogen) atoms. The van der Waals surface area contributed by atoms with Crippen molar-refractivity contribution in [3.8, 4) is 0 Å². The van der Waals surface area contributed by atoms with Crippen molar-refractivity contribution in [3.63, 3.8) is 0 Å². The number of hydrogen-bond donors (Lipinski definition) is 1.